The van der Waals surface area contributed by atoms with E-state index in [1.807, 2.05) is 0 Å². The van der Waals surface area contributed by atoms with Crippen molar-refractivity contribution in [3.63, 3.8) is 0 Å². The predicted octanol–water partition coefficient (Wildman–Crippen LogP) is 4.95. The summed E-state index contributed by atoms with van der Waals surface area (Å²) in [6.07, 6.45) is 6.21. The van der Waals surface area contributed by atoms with E-state index in [0.29, 0.717) is 15.6 Å². The van der Waals surface area contributed by atoms with Gasteiger partial charge in [0.1, 0.15) is 17.7 Å². The zero-order valence-corrected chi connectivity index (χ0v) is 12.3. The molecule has 0 saturated heterocycles. The second-order valence-electron chi connectivity index (χ2n) is 5.32. The molecule has 0 heterocycles. The third kappa shape index (κ3) is 1.96. The van der Waals surface area contributed by atoms with Crippen LogP contribution in [0.2, 0.25) is 5.02 Å². The summed E-state index contributed by atoms with van der Waals surface area (Å²) < 4.78 is 19.0. The van der Waals surface area contributed by atoms with E-state index in [4.69, 9.17) is 16.3 Å². The Bertz CT molecular complexity index is 459. The Kier molecular flexibility index (Phi) is 3.31. The smallest absolute Gasteiger partial charge is 0.138 e. The largest absolute Gasteiger partial charge is 0.488 e. The van der Waals surface area contributed by atoms with Gasteiger partial charge in [-0.3, -0.25) is 0 Å². The first kappa shape index (κ1) is 12.7. The van der Waals surface area contributed by atoms with E-state index < -0.39 is 0 Å². The average molecular weight is 334 g/mol. The fraction of sp³-hybridized carbons (Fsp3) is 0.571. The van der Waals surface area contributed by atoms with Gasteiger partial charge in [0, 0.05) is 10.2 Å². The van der Waals surface area contributed by atoms with Crippen molar-refractivity contribution in [3.8, 4) is 5.75 Å². The standard InChI is InChI=1S/C14H15BrClFO/c15-12-8-13(14(12)5-1-2-6-14)18-11-4-3-9(17)7-10(11)16/h3-4,7,12-13H,1-2,5-6,8H2. The highest BCUT2D eigenvalue weighted by atomic mass is 79.9. The van der Waals surface area contributed by atoms with E-state index in [9.17, 15) is 4.39 Å². The topological polar surface area (TPSA) is 9.23 Å². The molecular weight excluding hydrogens is 319 g/mol. The van der Waals surface area contributed by atoms with Crippen molar-refractivity contribution in [2.75, 3.05) is 0 Å². The van der Waals surface area contributed by atoms with Crippen LogP contribution in [0, 0.1) is 11.2 Å². The van der Waals surface area contributed by atoms with Gasteiger partial charge in [-0.05, 0) is 37.5 Å². The van der Waals surface area contributed by atoms with E-state index in [1.165, 1.54) is 37.8 Å². The molecule has 0 amide bonds. The van der Waals surface area contributed by atoms with Crippen LogP contribution >= 0.6 is 27.5 Å². The van der Waals surface area contributed by atoms with Crippen molar-refractivity contribution in [3.05, 3.63) is 29.0 Å². The minimum atomic E-state index is -0.324. The number of halogens is 3. The summed E-state index contributed by atoms with van der Waals surface area (Å²) in [6, 6.07) is 4.33. The fourth-order valence-corrected chi connectivity index (χ4v) is 4.56. The molecule has 2 atom stereocenters. The zero-order valence-electron chi connectivity index (χ0n) is 9.96. The first-order valence-electron chi connectivity index (χ1n) is 6.37. The van der Waals surface area contributed by atoms with Gasteiger partial charge in [-0.25, -0.2) is 4.39 Å². The number of hydrogen-bond acceptors (Lipinski definition) is 1. The number of ether oxygens (including phenoxy) is 1. The van der Waals surface area contributed by atoms with Crippen molar-refractivity contribution >= 4 is 27.5 Å². The lowest BCUT2D eigenvalue weighted by Crippen LogP contribution is -2.55. The van der Waals surface area contributed by atoms with Gasteiger partial charge in [-0.1, -0.05) is 40.4 Å². The predicted molar refractivity (Wildman–Crippen MR) is 74.1 cm³/mol. The maximum Gasteiger partial charge on any atom is 0.138 e. The molecule has 0 N–H and O–H groups in total. The summed E-state index contributed by atoms with van der Waals surface area (Å²) in [4.78, 5) is 0.553. The average Bonchev–Trinajstić information content (AvgIpc) is 2.83. The minimum absolute atomic E-state index is 0.215. The van der Waals surface area contributed by atoms with Crippen LogP contribution in [0.5, 0.6) is 5.75 Å². The van der Waals surface area contributed by atoms with Crippen molar-refractivity contribution in [1.29, 1.82) is 0 Å². The van der Waals surface area contributed by atoms with Crippen LogP contribution in [0.4, 0.5) is 4.39 Å². The molecule has 2 unspecified atom stereocenters. The van der Waals surface area contributed by atoms with E-state index in [2.05, 4.69) is 15.9 Å². The Morgan fingerprint density at radius 2 is 2.06 bits per heavy atom. The summed E-state index contributed by atoms with van der Waals surface area (Å²) >= 11 is 9.76. The SMILES string of the molecule is Fc1ccc(OC2CC(Br)C23CCCC3)c(Cl)c1. The molecule has 0 bridgehead atoms. The molecular formula is C14H15BrClFO. The third-order valence-corrected chi connectivity index (χ3v) is 5.96. The Balaban J connectivity index is 1.77. The Labute approximate surface area is 120 Å². The molecule has 3 rings (SSSR count). The van der Waals surface area contributed by atoms with Gasteiger partial charge >= 0.3 is 0 Å². The maximum atomic E-state index is 13.0. The highest BCUT2D eigenvalue weighted by Gasteiger charge is 2.56. The van der Waals surface area contributed by atoms with E-state index >= 15 is 0 Å². The lowest BCUT2D eigenvalue weighted by atomic mass is 9.64. The molecule has 18 heavy (non-hydrogen) atoms. The molecule has 98 valence electrons. The summed E-state index contributed by atoms with van der Waals surface area (Å²) in [5.41, 5.74) is 0.276. The van der Waals surface area contributed by atoms with Gasteiger partial charge < -0.3 is 4.74 Å². The highest BCUT2D eigenvalue weighted by molar-refractivity contribution is 9.09. The lowest BCUT2D eigenvalue weighted by molar-refractivity contribution is -0.0303. The molecule has 0 radical (unpaired) electrons. The van der Waals surface area contributed by atoms with E-state index in [-0.39, 0.29) is 17.3 Å². The van der Waals surface area contributed by atoms with Crippen LogP contribution in [0.3, 0.4) is 0 Å². The van der Waals surface area contributed by atoms with Gasteiger partial charge in [-0.15, -0.1) is 0 Å². The van der Waals surface area contributed by atoms with Crippen LogP contribution in [0.25, 0.3) is 0 Å². The quantitative estimate of drug-likeness (QED) is 0.696. The molecule has 1 aromatic carbocycles. The van der Waals surface area contributed by atoms with Crippen LogP contribution in [0.1, 0.15) is 32.1 Å². The first-order chi connectivity index (χ1) is 8.62. The number of benzene rings is 1. The van der Waals surface area contributed by atoms with Crippen molar-refractivity contribution in [2.24, 2.45) is 5.41 Å². The van der Waals surface area contributed by atoms with Crippen molar-refractivity contribution < 1.29 is 9.13 Å². The Hall–Kier alpha value is -0.280. The van der Waals surface area contributed by atoms with Crippen LogP contribution in [-0.2, 0) is 0 Å². The summed E-state index contributed by atoms with van der Waals surface area (Å²) in [7, 11) is 0. The molecule has 2 aliphatic rings. The molecule has 2 aliphatic carbocycles. The van der Waals surface area contributed by atoms with Gasteiger partial charge in [-0.2, -0.15) is 0 Å². The van der Waals surface area contributed by atoms with Gasteiger partial charge in [0.2, 0.25) is 0 Å². The molecule has 1 nitrogen and oxygen atoms in total. The second kappa shape index (κ2) is 4.68. The highest BCUT2D eigenvalue weighted by Crippen LogP contribution is 2.57. The summed E-state index contributed by atoms with van der Waals surface area (Å²) in [5, 5.41) is 0.362. The van der Waals surface area contributed by atoms with Crippen LogP contribution in [0.15, 0.2) is 18.2 Å². The van der Waals surface area contributed by atoms with Gasteiger partial charge in [0.15, 0.2) is 0 Å². The van der Waals surface area contributed by atoms with Crippen molar-refractivity contribution in [2.45, 2.75) is 43.0 Å². The number of alkyl halides is 1. The molecule has 1 aromatic rings. The van der Waals surface area contributed by atoms with E-state index in [1.54, 1.807) is 6.07 Å². The molecule has 0 aliphatic heterocycles. The molecule has 0 aromatic heterocycles. The molecule has 2 saturated carbocycles. The molecule has 2 fully saturated rings. The summed E-state index contributed by atoms with van der Waals surface area (Å²) in [5.74, 6) is 0.281. The van der Waals surface area contributed by atoms with Gasteiger partial charge in [0.25, 0.3) is 0 Å². The normalized spacial score (nSPS) is 29.3. The first-order valence-corrected chi connectivity index (χ1v) is 7.67. The Morgan fingerprint density at radius 1 is 1.33 bits per heavy atom. The molecule has 1 spiro atoms. The van der Waals surface area contributed by atoms with Crippen LogP contribution in [-0.4, -0.2) is 10.9 Å². The minimum Gasteiger partial charge on any atom is -0.488 e. The van der Waals surface area contributed by atoms with Gasteiger partial charge in [0.05, 0.1) is 5.02 Å². The maximum absolute atomic E-state index is 13.0. The third-order valence-electron chi connectivity index (χ3n) is 4.38. The number of hydrogen-bond donors (Lipinski definition) is 0. The Morgan fingerprint density at radius 3 is 2.67 bits per heavy atom. The lowest BCUT2D eigenvalue weighted by Gasteiger charge is -2.51. The van der Waals surface area contributed by atoms with E-state index in [0.717, 1.165) is 6.42 Å². The van der Waals surface area contributed by atoms with Crippen LogP contribution < -0.4 is 4.74 Å². The monoisotopic (exact) mass is 332 g/mol. The second-order valence-corrected chi connectivity index (χ2v) is 6.84. The fourth-order valence-electron chi connectivity index (χ4n) is 3.26. The number of rotatable bonds is 2. The molecule has 4 heteroatoms. The summed E-state index contributed by atoms with van der Waals surface area (Å²) in [6.45, 7) is 0. The van der Waals surface area contributed by atoms with Crippen molar-refractivity contribution in [1.82, 2.24) is 0 Å². The zero-order chi connectivity index (χ0) is 12.8.